The van der Waals surface area contributed by atoms with Crippen molar-refractivity contribution >= 4 is 34.7 Å². The van der Waals surface area contributed by atoms with Gasteiger partial charge < -0.3 is 10.7 Å². The molecule has 4 N–H and O–H groups in total. The van der Waals surface area contributed by atoms with Gasteiger partial charge >= 0.3 is 0 Å². The maximum absolute atomic E-state index is 13.5. The lowest BCUT2D eigenvalue weighted by molar-refractivity contribution is 0.0131. The molecule has 3 aromatic rings. The molecule has 0 radical (unpaired) electrons. The predicted octanol–water partition coefficient (Wildman–Crippen LogP) is 3.68. The molecule has 4 heterocycles. The minimum atomic E-state index is -2.64. The maximum Gasteiger partial charge on any atom is 0.261 e. The highest BCUT2D eigenvalue weighted by molar-refractivity contribution is 6.11. The van der Waals surface area contributed by atoms with E-state index in [0.717, 1.165) is 5.57 Å². The van der Waals surface area contributed by atoms with E-state index in [4.69, 9.17) is 11.1 Å². The lowest BCUT2D eigenvalue weighted by Gasteiger charge is -2.16. The number of nitrogens with zero attached hydrogens (tertiary/aromatic N) is 5. The number of H-pyrrole nitrogens is 1. The predicted molar refractivity (Wildman–Crippen MR) is 126 cm³/mol. The quantitative estimate of drug-likeness (QED) is 0.375. The van der Waals surface area contributed by atoms with Crippen LogP contribution in [0.2, 0.25) is 0 Å². The van der Waals surface area contributed by atoms with E-state index < -0.39 is 5.92 Å². The highest BCUT2D eigenvalue weighted by Gasteiger charge is 2.37. The number of rotatable bonds is 7. The summed E-state index contributed by atoms with van der Waals surface area (Å²) < 4.78 is 27.0. The molecule has 10 heteroatoms. The summed E-state index contributed by atoms with van der Waals surface area (Å²) in [5.41, 5.74) is 10.2. The van der Waals surface area contributed by atoms with Crippen LogP contribution in [0.4, 0.5) is 14.5 Å². The van der Waals surface area contributed by atoms with Gasteiger partial charge in [-0.05, 0) is 31.8 Å². The fourth-order valence-corrected chi connectivity index (χ4v) is 3.80. The van der Waals surface area contributed by atoms with E-state index in [1.165, 1.54) is 0 Å². The number of aliphatic imine (C=N–C) groups is 1. The van der Waals surface area contributed by atoms with Crippen molar-refractivity contribution in [3.63, 3.8) is 0 Å². The summed E-state index contributed by atoms with van der Waals surface area (Å²) in [5, 5.41) is 8.61. The van der Waals surface area contributed by atoms with E-state index in [9.17, 15) is 8.78 Å². The van der Waals surface area contributed by atoms with Crippen molar-refractivity contribution < 1.29 is 8.78 Å². The Kier molecular flexibility index (Phi) is 6.10. The molecule has 170 valence electrons. The third kappa shape index (κ3) is 5.01. The third-order valence-electron chi connectivity index (χ3n) is 5.33. The third-order valence-corrected chi connectivity index (χ3v) is 5.33. The lowest BCUT2D eigenvalue weighted by atomic mass is 10.1. The second kappa shape index (κ2) is 8.99. The standard InChI is InChI=1S/C23H24F2N8/c1-14(12-33-8-6-23(24,25)13-33)9-15(10-28-2)17-4-3-16(26)21(30-17)20(27)22-31-18-5-7-29-11-19(18)32-22/h3-5,7,9-11,27H,2,6,8,12-13,26H2,1H3,(H,31,32)/b14-9+,15-10+,27-20?. The average molecular weight is 450 g/mol. The molecule has 0 atom stereocenters. The fraction of sp³-hybridized carbons (Fsp3) is 0.261. The van der Waals surface area contributed by atoms with Gasteiger partial charge in [0, 0.05) is 37.5 Å². The monoisotopic (exact) mass is 450 g/mol. The van der Waals surface area contributed by atoms with E-state index in [1.807, 2.05) is 13.0 Å². The normalized spacial score (nSPS) is 16.9. The molecule has 8 nitrogen and oxygen atoms in total. The van der Waals surface area contributed by atoms with Gasteiger partial charge in [0.1, 0.15) is 11.4 Å². The summed E-state index contributed by atoms with van der Waals surface area (Å²) in [6.45, 7) is 5.91. The molecule has 33 heavy (non-hydrogen) atoms. The Morgan fingerprint density at radius 2 is 2.18 bits per heavy atom. The van der Waals surface area contributed by atoms with Gasteiger partial charge in [0.05, 0.1) is 35.2 Å². The number of nitrogen functional groups attached to an aromatic ring is 1. The number of halogens is 2. The number of aromatic amines is 1. The number of fused-ring (bicyclic) bond motifs is 1. The van der Waals surface area contributed by atoms with Gasteiger partial charge in [0.2, 0.25) is 0 Å². The Labute approximate surface area is 189 Å². The fourth-order valence-electron chi connectivity index (χ4n) is 3.80. The first-order chi connectivity index (χ1) is 15.8. The topological polar surface area (TPSA) is 120 Å². The number of hydrogen-bond acceptors (Lipinski definition) is 7. The Hall–Kier alpha value is -3.79. The SMILES string of the molecule is C=N/C=C(\C=C(/C)CN1CCC(F)(F)C1)c1ccc(N)c(C(=N)c2nc3ccncc3[nH]2)n1. The highest BCUT2D eigenvalue weighted by atomic mass is 19.3. The second-order valence-corrected chi connectivity index (χ2v) is 8.06. The molecule has 0 spiro atoms. The van der Waals surface area contributed by atoms with Crippen molar-refractivity contribution in [1.82, 2.24) is 24.8 Å². The maximum atomic E-state index is 13.5. The number of pyridine rings is 2. The number of nitrogens with one attached hydrogen (secondary N) is 2. The van der Waals surface area contributed by atoms with Crippen LogP contribution in [-0.2, 0) is 0 Å². The molecule has 1 saturated heterocycles. The second-order valence-electron chi connectivity index (χ2n) is 8.06. The van der Waals surface area contributed by atoms with Crippen LogP contribution in [-0.4, -0.2) is 62.8 Å². The first-order valence-corrected chi connectivity index (χ1v) is 10.3. The number of allylic oxidation sites excluding steroid dienone is 2. The lowest BCUT2D eigenvalue weighted by Crippen LogP contribution is -2.26. The van der Waals surface area contributed by atoms with Crippen LogP contribution >= 0.6 is 0 Å². The van der Waals surface area contributed by atoms with Gasteiger partial charge in [-0.25, -0.2) is 18.7 Å². The van der Waals surface area contributed by atoms with Crippen LogP contribution < -0.4 is 5.73 Å². The first-order valence-electron chi connectivity index (χ1n) is 10.3. The number of imidazole rings is 1. The van der Waals surface area contributed by atoms with E-state index in [2.05, 4.69) is 31.6 Å². The Morgan fingerprint density at radius 1 is 1.36 bits per heavy atom. The molecule has 1 aliphatic heterocycles. The van der Waals surface area contributed by atoms with Crippen molar-refractivity contribution in [2.45, 2.75) is 19.3 Å². The summed E-state index contributed by atoms with van der Waals surface area (Å²) in [6.07, 6.45) is 6.51. The summed E-state index contributed by atoms with van der Waals surface area (Å²) in [5.74, 6) is -2.31. The van der Waals surface area contributed by atoms with Crippen LogP contribution in [0.1, 0.15) is 30.6 Å². The number of nitrogens with two attached hydrogens (primary N) is 1. The van der Waals surface area contributed by atoms with E-state index in [1.54, 1.807) is 41.7 Å². The molecule has 0 aliphatic carbocycles. The van der Waals surface area contributed by atoms with Gasteiger partial charge in [-0.15, -0.1) is 0 Å². The summed E-state index contributed by atoms with van der Waals surface area (Å²) >= 11 is 0. The van der Waals surface area contributed by atoms with E-state index in [-0.39, 0.29) is 24.4 Å². The summed E-state index contributed by atoms with van der Waals surface area (Å²) in [7, 11) is 0. The smallest absolute Gasteiger partial charge is 0.261 e. The highest BCUT2D eigenvalue weighted by Crippen LogP contribution is 2.28. The van der Waals surface area contributed by atoms with Crippen molar-refractivity contribution in [1.29, 1.82) is 5.41 Å². The number of alkyl halides is 2. The molecular formula is C23H24F2N8. The molecule has 0 unspecified atom stereocenters. The molecule has 3 aromatic heterocycles. The summed E-state index contributed by atoms with van der Waals surface area (Å²) in [6, 6.07) is 5.13. The zero-order chi connectivity index (χ0) is 23.6. The molecule has 1 fully saturated rings. The minimum Gasteiger partial charge on any atom is -0.397 e. The molecule has 0 bridgehead atoms. The van der Waals surface area contributed by atoms with Crippen LogP contribution in [0.3, 0.4) is 0 Å². The number of likely N-dealkylation sites (tertiary alicyclic amines) is 1. The van der Waals surface area contributed by atoms with Gasteiger partial charge in [-0.3, -0.25) is 20.3 Å². The minimum absolute atomic E-state index is 0.0384. The van der Waals surface area contributed by atoms with Gasteiger partial charge in [-0.1, -0.05) is 11.6 Å². The van der Waals surface area contributed by atoms with Crippen molar-refractivity contribution in [3.8, 4) is 0 Å². The molecule has 1 aliphatic rings. The Balaban J connectivity index is 1.61. The van der Waals surface area contributed by atoms with Gasteiger partial charge in [-0.2, -0.15) is 0 Å². The number of anilines is 1. The number of aromatic nitrogens is 4. The Morgan fingerprint density at radius 3 is 2.88 bits per heavy atom. The van der Waals surface area contributed by atoms with Crippen molar-refractivity contribution in [2.75, 3.05) is 25.4 Å². The largest absolute Gasteiger partial charge is 0.397 e. The summed E-state index contributed by atoms with van der Waals surface area (Å²) in [4.78, 5) is 21.7. The van der Waals surface area contributed by atoms with E-state index >= 15 is 0 Å². The molecule has 0 aromatic carbocycles. The van der Waals surface area contributed by atoms with Crippen molar-refractivity contribution in [3.05, 3.63) is 65.7 Å². The van der Waals surface area contributed by atoms with Crippen LogP contribution in [0.5, 0.6) is 0 Å². The van der Waals surface area contributed by atoms with Crippen LogP contribution in [0.15, 0.2) is 53.4 Å². The van der Waals surface area contributed by atoms with Gasteiger partial charge in [0.25, 0.3) is 5.92 Å². The first kappa shape index (κ1) is 22.4. The zero-order valence-electron chi connectivity index (χ0n) is 18.1. The van der Waals surface area contributed by atoms with Crippen LogP contribution in [0, 0.1) is 5.41 Å². The average Bonchev–Trinajstić information content (AvgIpc) is 3.36. The van der Waals surface area contributed by atoms with E-state index in [0.29, 0.717) is 46.9 Å². The van der Waals surface area contributed by atoms with Crippen LogP contribution in [0.25, 0.3) is 16.6 Å². The molecular weight excluding hydrogens is 426 g/mol. The van der Waals surface area contributed by atoms with Crippen molar-refractivity contribution in [2.24, 2.45) is 4.99 Å². The Bertz CT molecular complexity index is 1240. The molecule has 4 rings (SSSR count). The molecule has 0 saturated carbocycles. The molecule has 0 amide bonds. The van der Waals surface area contributed by atoms with Gasteiger partial charge in [0.15, 0.2) is 5.82 Å². The number of hydrogen-bond donors (Lipinski definition) is 3. The zero-order valence-corrected chi connectivity index (χ0v) is 18.1.